The molecule has 0 fully saturated rings. The average molecular weight is 346 g/mol. The van der Waals surface area contributed by atoms with E-state index in [4.69, 9.17) is 22.2 Å². The summed E-state index contributed by atoms with van der Waals surface area (Å²) >= 11 is 14.1. The molecule has 104 valence electrons. The largest absolute Gasteiger partial charge is 0.168 e. The van der Waals surface area contributed by atoms with Crippen molar-refractivity contribution < 1.29 is 0 Å². The maximum absolute atomic E-state index is 7.07. The fraction of sp³-hybridized carbons (Fsp3) is 1.00. The summed E-state index contributed by atoms with van der Waals surface area (Å²) in [5, 5.41) is 0. The van der Waals surface area contributed by atoms with Crippen LogP contribution in [0.4, 0.5) is 0 Å². The minimum atomic E-state index is -1.82. The van der Waals surface area contributed by atoms with Gasteiger partial charge in [-0.25, -0.2) is 0 Å². The third-order valence-corrected chi connectivity index (χ3v) is 41.4. The van der Waals surface area contributed by atoms with E-state index in [2.05, 4.69) is 65.5 Å². The van der Waals surface area contributed by atoms with Gasteiger partial charge in [-0.15, -0.1) is 0 Å². The Labute approximate surface area is 122 Å². The van der Waals surface area contributed by atoms with Crippen LogP contribution in [0.25, 0.3) is 0 Å². The SMILES string of the molecule is C[Si](C)(C)C([Si](C)(C)C)([Si](C)(C)Cl)[Si](C)(C)Cl. The Kier molecular flexibility index (Phi) is 5.18. The maximum atomic E-state index is 7.07. The summed E-state index contributed by atoms with van der Waals surface area (Å²) in [6.07, 6.45) is 0. The molecule has 0 unspecified atom stereocenters. The molecule has 0 amide bonds. The molecule has 0 atom stereocenters. The summed E-state index contributed by atoms with van der Waals surface area (Å²) in [6.45, 7) is 24.3. The van der Waals surface area contributed by atoms with E-state index in [0.29, 0.717) is 3.91 Å². The van der Waals surface area contributed by atoms with Gasteiger partial charge >= 0.3 is 0 Å². The van der Waals surface area contributed by atoms with Crippen molar-refractivity contribution in [3.8, 4) is 0 Å². The Morgan fingerprint density at radius 2 is 0.706 bits per heavy atom. The molecule has 0 radical (unpaired) electrons. The molecule has 0 N–H and O–H groups in total. The first-order chi connectivity index (χ1) is 7.00. The molecule has 0 aliphatic rings. The van der Waals surface area contributed by atoms with E-state index < -0.39 is 30.9 Å². The van der Waals surface area contributed by atoms with Crippen LogP contribution in [0.2, 0.25) is 69.4 Å². The Hall–Kier alpha value is 1.45. The van der Waals surface area contributed by atoms with Gasteiger partial charge in [0, 0.05) is 16.1 Å². The molecule has 0 saturated carbocycles. The summed E-state index contributed by atoms with van der Waals surface area (Å²) in [4.78, 5) is 0. The molecule has 0 aromatic heterocycles. The van der Waals surface area contributed by atoms with E-state index in [1.807, 2.05) is 0 Å². The second-order valence-corrected chi connectivity index (χ2v) is 34.8. The first kappa shape index (κ1) is 18.4. The van der Waals surface area contributed by atoms with Crippen molar-refractivity contribution in [2.75, 3.05) is 0 Å². The lowest BCUT2D eigenvalue weighted by molar-refractivity contribution is 1.22. The molecule has 0 rings (SSSR count). The molecule has 0 saturated heterocycles. The van der Waals surface area contributed by atoms with Crippen molar-refractivity contribution in [1.82, 2.24) is 0 Å². The molecule has 17 heavy (non-hydrogen) atoms. The number of rotatable bonds is 4. The Balaban J connectivity index is 6.37. The molecule has 0 aromatic carbocycles. The number of hydrogen-bond acceptors (Lipinski definition) is 0. The fourth-order valence-corrected chi connectivity index (χ4v) is 63.5. The standard InChI is InChI=1S/C11H30Cl2Si4/c1-14(2,3)11(15(4,5)6,16(7,8)12)17(9,10)13/h1-10H3. The third-order valence-electron chi connectivity index (χ3n) is 4.03. The van der Waals surface area contributed by atoms with Gasteiger partial charge in [-0.3, -0.25) is 0 Å². The van der Waals surface area contributed by atoms with Gasteiger partial charge in [0.2, 0.25) is 0 Å². The first-order valence-corrected chi connectivity index (χ1v) is 21.4. The zero-order valence-corrected chi connectivity index (χ0v) is 18.8. The Bertz CT molecular complexity index is 214. The highest BCUT2D eigenvalue weighted by Crippen LogP contribution is 2.61. The zero-order valence-electron chi connectivity index (χ0n) is 13.3. The lowest BCUT2D eigenvalue weighted by atomic mass is 11.6. The van der Waals surface area contributed by atoms with Gasteiger partial charge in [0.05, 0.1) is 0 Å². The van der Waals surface area contributed by atoms with E-state index in [9.17, 15) is 0 Å². The van der Waals surface area contributed by atoms with Gasteiger partial charge in [-0.05, 0) is 3.91 Å². The predicted octanol–water partition coefficient (Wildman–Crippen LogP) is 5.91. The van der Waals surface area contributed by atoms with E-state index in [0.717, 1.165) is 0 Å². The fourth-order valence-electron chi connectivity index (χ4n) is 5.40. The summed E-state index contributed by atoms with van der Waals surface area (Å²) in [6, 6.07) is 0. The predicted molar refractivity (Wildman–Crippen MR) is 96.1 cm³/mol. The molecule has 0 aliphatic heterocycles. The van der Waals surface area contributed by atoms with E-state index in [1.165, 1.54) is 0 Å². The smallest absolute Gasteiger partial charge is 0.150 e. The zero-order chi connectivity index (χ0) is 14.5. The van der Waals surface area contributed by atoms with Crippen LogP contribution in [-0.4, -0.2) is 30.9 Å². The summed E-state index contributed by atoms with van der Waals surface area (Å²) in [7, 11) is -6.48. The molecule has 0 aromatic rings. The van der Waals surface area contributed by atoms with E-state index in [-0.39, 0.29) is 0 Å². The molecule has 0 spiro atoms. The Morgan fingerprint density at radius 3 is 0.706 bits per heavy atom. The summed E-state index contributed by atoms with van der Waals surface area (Å²) in [5.74, 6) is 0. The van der Waals surface area contributed by atoms with Gasteiger partial charge in [0.1, 0.15) is 14.8 Å². The summed E-state index contributed by atoms with van der Waals surface area (Å²) in [5.41, 5.74) is 0. The van der Waals surface area contributed by atoms with E-state index in [1.54, 1.807) is 0 Å². The highest BCUT2D eigenvalue weighted by Gasteiger charge is 2.68. The summed E-state index contributed by atoms with van der Waals surface area (Å²) < 4.78 is 0.336. The van der Waals surface area contributed by atoms with Crippen LogP contribution >= 0.6 is 22.2 Å². The molecular formula is C11H30Cl2Si4. The van der Waals surface area contributed by atoms with Crippen molar-refractivity contribution in [2.45, 2.75) is 69.4 Å². The van der Waals surface area contributed by atoms with Crippen LogP contribution in [0, 0.1) is 0 Å². The van der Waals surface area contributed by atoms with Crippen LogP contribution < -0.4 is 0 Å². The average Bonchev–Trinajstić information content (AvgIpc) is 1.67. The van der Waals surface area contributed by atoms with Crippen molar-refractivity contribution in [2.24, 2.45) is 0 Å². The molecule has 0 nitrogen and oxygen atoms in total. The highest BCUT2D eigenvalue weighted by atomic mass is 35.6. The van der Waals surface area contributed by atoms with Crippen LogP contribution in [0.15, 0.2) is 0 Å². The quantitative estimate of drug-likeness (QED) is 0.439. The molecule has 0 heterocycles. The molecule has 0 aliphatic carbocycles. The van der Waals surface area contributed by atoms with Crippen LogP contribution in [-0.2, 0) is 0 Å². The van der Waals surface area contributed by atoms with Gasteiger partial charge in [-0.1, -0.05) is 65.5 Å². The molecular weight excluding hydrogens is 315 g/mol. The minimum absolute atomic E-state index is 0.336. The minimum Gasteiger partial charge on any atom is -0.168 e. The van der Waals surface area contributed by atoms with Crippen molar-refractivity contribution in [1.29, 1.82) is 0 Å². The van der Waals surface area contributed by atoms with Crippen molar-refractivity contribution in [3.63, 3.8) is 0 Å². The monoisotopic (exact) mass is 344 g/mol. The van der Waals surface area contributed by atoms with Crippen LogP contribution in [0.3, 0.4) is 0 Å². The van der Waals surface area contributed by atoms with Gasteiger partial charge in [0.15, 0.2) is 0 Å². The Morgan fingerprint density at radius 1 is 0.529 bits per heavy atom. The van der Waals surface area contributed by atoms with Crippen LogP contribution in [0.5, 0.6) is 0 Å². The highest BCUT2D eigenvalue weighted by molar-refractivity contribution is 7.48. The first-order valence-electron chi connectivity index (χ1n) is 6.38. The maximum Gasteiger partial charge on any atom is 0.150 e. The lowest BCUT2D eigenvalue weighted by Gasteiger charge is -2.62. The second kappa shape index (κ2) is 4.77. The lowest BCUT2D eigenvalue weighted by Crippen LogP contribution is -2.73. The molecule has 6 heteroatoms. The number of hydrogen-bond donors (Lipinski definition) is 0. The third kappa shape index (κ3) is 2.97. The normalized spacial score (nSPS) is 16.2. The van der Waals surface area contributed by atoms with E-state index >= 15 is 0 Å². The van der Waals surface area contributed by atoms with Gasteiger partial charge in [0.25, 0.3) is 0 Å². The van der Waals surface area contributed by atoms with Gasteiger partial charge < -0.3 is 0 Å². The molecule has 0 bridgehead atoms. The van der Waals surface area contributed by atoms with Crippen molar-refractivity contribution >= 4 is 53.1 Å². The van der Waals surface area contributed by atoms with Gasteiger partial charge in [-0.2, -0.15) is 22.2 Å². The number of halogens is 2. The topological polar surface area (TPSA) is 0 Å². The van der Waals surface area contributed by atoms with Crippen LogP contribution in [0.1, 0.15) is 0 Å². The second-order valence-electron chi connectivity index (χ2n) is 8.19. The van der Waals surface area contributed by atoms with Crippen molar-refractivity contribution in [3.05, 3.63) is 0 Å².